The van der Waals surface area contributed by atoms with E-state index >= 15 is 0 Å². The van der Waals surface area contributed by atoms with Gasteiger partial charge >= 0.3 is 6.09 Å². The number of ether oxygens (including phenoxy) is 2. The third-order valence-electron chi connectivity index (χ3n) is 2.47. The summed E-state index contributed by atoms with van der Waals surface area (Å²) < 4.78 is 9.74. The number of amides is 1. The van der Waals surface area contributed by atoms with Gasteiger partial charge in [-0.05, 0) is 25.1 Å². The standard InChI is InChI=1S/C14H17Cl2N3O4/c1-9(20)7-13(18-19-14(21)22-2)23-6-5-17-12-4-3-10(15)8-11(12)16/h3-4,8,17H,5-7H2,1-2H3,(H,19,21). The summed E-state index contributed by atoms with van der Waals surface area (Å²) in [7, 11) is 1.20. The van der Waals surface area contributed by atoms with Crippen LogP contribution in [0.15, 0.2) is 23.3 Å². The molecule has 23 heavy (non-hydrogen) atoms. The van der Waals surface area contributed by atoms with Crippen LogP contribution in [0.25, 0.3) is 0 Å². The third kappa shape index (κ3) is 7.71. The maximum atomic E-state index is 11.1. The number of benzene rings is 1. The van der Waals surface area contributed by atoms with Crippen LogP contribution in [0.1, 0.15) is 13.3 Å². The van der Waals surface area contributed by atoms with Crippen LogP contribution in [0.2, 0.25) is 10.0 Å². The lowest BCUT2D eigenvalue weighted by Crippen LogP contribution is -2.23. The number of nitrogens with zero attached hydrogens (tertiary/aromatic N) is 1. The summed E-state index contributed by atoms with van der Waals surface area (Å²) >= 11 is 11.8. The zero-order chi connectivity index (χ0) is 17.2. The smallest absolute Gasteiger partial charge is 0.427 e. The van der Waals surface area contributed by atoms with Gasteiger partial charge < -0.3 is 14.8 Å². The van der Waals surface area contributed by atoms with E-state index in [1.165, 1.54) is 14.0 Å². The van der Waals surface area contributed by atoms with Gasteiger partial charge in [0.1, 0.15) is 12.4 Å². The van der Waals surface area contributed by atoms with Crippen molar-refractivity contribution in [3.8, 4) is 0 Å². The van der Waals surface area contributed by atoms with Gasteiger partial charge in [0.15, 0.2) is 0 Å². The maximum absolute atomic E-state index is 11.1. The van der Waals surface area contributed by atoms with Crippen molar-refractivity contribution in [3.05, 3.63) is 28.2 Å². The molecule has 1 rings (SSSR count). The van der Waals surface area contributed by atoms with Crippen LogP contribution >= 0.6 is 23.2 Å². The SMILES string of the molecule is COC(=O)NN=C(CC(C)=O)OCCNc1ccc(Cl)cc1Cl. The van der Waals surface area contributed by atoms with E-state index in [0.29, 0.717) is 22.3 Å². The van der Waals surface area contributed by atoms with Crippen LogP contribution in [-0.4, -0.2) is 38.0 Å². The summed E-state index contributed by atoms with van der Waals surface area (Å²) in [5, 5.41) is 7.77. The normalized spacial score (nSPS) is 10.9. The molecule has 7 nitrogen and oxygen atoms in total. The van der Waals surface area contributed by atoms with Crippen molar-refractivity contribution in [3.63, 3.8) is 0 Å². The number of nitrogens with one attached hydrogen (secondary N) is 2. The molecule has 0 fully saturated rings. The Labute approximate surface area is 143 Å². The molecular formula is C14H17Cl2N3O4. The molecule has 126 valence electrons. The van der Waals surface area contributed by atoms with E-state index in [9.17, 15) is 9.59 Å². The predicted molar refractivity (Wildman–Crippen MR) is 89.2 cm³/mol. The molecule has 0 atom stereocenters. The fourth-order valence-electron chi connectivity index (χ4n) is 1.48. The number of methoxy groups -OCH3 is 1. The Balaban J connectivity index is 2.48. The molecule has 1 amide bonds. The summed E-state index contributed by atoms with van der Waals surface area (Å²) in [5.74, 6) is -0.0592. The molecule has 9 heteroatoms. The number of rotatable bonds is 7. The Bertz CT molecular complexity index is 593. The van der Waals surface area contributed by atoms with Gasteiger partial charge in [0.2, 0.25) is 5.90 Å². The van der Waals surface area contributed by atoms with Crippen molar-refractivity contribution in [1.29, 1.82) is 0 Å². The molecule has 1 aromatic carbocycles. The number of halogens is 2. The molecule has 0 saturated heterocycles. The average Bonchev–Trinajstić information content (AvgIpc) is 2.49. The van der Waals surface area contributed by atoms with Gasteiger partial charge in [0, 0.05) is 11.6 Å². The molecule has 1 aromatic rings. The van der Waals surface area contributed by atoms with E-state index in [2.05, 4.69) is 20.6 Å². The Morgan fingerprint density at radius 1 is 1.30 bits per heavy atom. The minimum atomic E-state index is -0.749. The lowest BCUT2D eigenvalue weighted by Gasteiger charge is -2.11. The highest BCUT2D eigenvalue weighted by atomic mass is 35.5. The highest BCUT2D eigenvalue weighted by molar-refractivity contribution is 6.36. The first-order chi connectivity index (χ1) is 10.9. The van der Waals surface area contributed by atoms with Crippen LogP contribution < -0.4 is 10.7 Å². The van der Waals surface area contributed by atoms with E-state index in [1.54, 1.807) is 18.2 Å². The van der Waals surface area contributed by atoms with Gasteiger partial charge in [-0.2, -0.15) is 0 Å². The quantitative estimate of drug-likeness (QED) is 0.337. The first kappa shape index (κ1) is 19.1. The second-order valence-electron chi connectivity index (χ2n) is 4.39. The van der Waals surface area contributed by atoms with Gasteiger partial charge in [0.25, 0.3) is 0 Å². The zero-order valence-electron chi connectivity index (χ0n) is 12.7. The predicted octanol–water partition coefficient (Wildman–Crippen LogP) is 3.07. The molecular weight excluding hydrogens is 345 g/mol. The Kier molecular flexibility index (Phi) is 8.21. The number of ketones is 1. The van der Waals surface area contributed by atoms with Crippen LogP contribution in [0, 0.1) is 0 Å². The molecule has 2 N–H and O–H groups in total. The minimum absolute atomic E-state index is 0.0360. The molecule has 0 saturated carbocycles. The average molecular weight is 362 g/mol. The van der Waals surface area contributed by atoms with Crippen molar-refractivity contribution < 1.29 is 19.1 Å². The number of hydrogen-bond acceptors (Lipinski definition) is 6. The van der Waals surface area contributed by atoms with Crippen LogP contribution in [-0.2, 0) is 14.3 Å². The number of carbonyl (C=O) groups excluding carboxylic acids is 2. The Morgan fingerprint density at radius 2 is 2.04 bits per heavy atom. The lowest BCUT2D eigenvalue weighted by molar-refractivity contribution is -0.116. The molecule has 0 spiro atoms. The first-order valence-electron chi connectivity index (χ1n) is 6.64. The van der Waals surface area contributed by atoms with E-state index in [1.807, 2.05) is 0 Å². The summed E-state index contributed by atoms with van der Waals surface area (Å²) in [4.78, 5) is 22.1. The lowest BCUT2D eigenvalue weighted by atomic mass is 10.3. The first-order valence-corrected chi connectivity index (χ1v) is 7.39. The summed E-state index contributed by atoms with van der Waals surface area (Å²) in [5.41, 5.74) is 2.81. The van der Waals surface area contributed by atoms with Gasteiger partial charge in [-0.1, -0.05) is 23.2 Å². The topological polar surface area (TPSA) is 89.0 Å². The monoisotopic (exact) mass is 361 g/mol. The molecule has 0 unspecified atom stereocenters. The molecule has 0 radical (unpaired) electrons. The second-order valence-corrected chi connectivity index (χ2v) is 5.23. The Hall–Kier alpha value is -1.99. The number of hydrazone groups is 1. The van der Waals surface area contributed by atoms with Crippen LogP contribution in [0.3, 0.4) is 0 Å². The van der Waals surface area contributed by atoms with Crippen molar-refractivity contribution in [2.45, 2.75) is 13.3 Å². The van der Waals surface area contributed by atoms with E-state index in [0.717, 1.165) is 0 Å². The summed E-state index contributed by atoms with van der Waals surface area (Å²) in [6, 6.07) is 5.07. The van der Waals surface area contributed by atoms with E-state index in [4.69, 9.17) is 27.9 Å². The third-order valence-corrected chi connectivity index (χ3v) is 3.02. The minimum Gasteiger partial charge on any atom is -0.478 e. The van der Waals surface area contributed by atoms with Gasteiger partial charge in [-0.3, -0.25) is 4.79 Å². The molecule has 0 aromatic heterocycles. The Morgan fingerprint density at radius 3 is 2.65 bits per heavy atom. The largest absolute Gasteiger partial charge is 0.478 e. The molecule has 0 aliphatic heterocycles. The zero-order valence-corrected chi connectivity index (χ0v) is 14.2. The van der Waals surface area contributed by atoms with E-state index in [-0.39, 0.29) is 24.7 Å². The van der Waals surface area contributed by atoms with Crippen molar-refractivity contribution in [2.24, 2.45) is 5.10 Å². The summed E-state index contributed by atoms with van der Waals surface area (Å²) in [6.45, 7) is 2.02. The summed E-state index contributed by atoms with van der Waals surface area (Å²) in [6.07, 6.45) is -0.785. The van der Waals surface area contributed by atoms with E-state index < -0.39 is 6.09 Å². The molecule has 0 aliphatic rings. The van der Waals surface area contributed by atoms with Crippen LogP contribution in [0.4, 0.5) is 10.5 Å². The molecule has 0 bridgehead atoms. The number of Topliss-reactive ketones (excluding diaryl/α,β-unsaturated/α-hetero) is 1. The van der Waals surface area contributed by atoms with Crippen molar-refractivity contribution in [2.75, 3.05) is 25.6 Å². The number of carbonyl (C=O) groups is 2. The highest BCUT2D eigenvalue weighted by Gasteiger charge is 2.07. The van der Waals surface area contributed by atoms with Gasteiger partial charge in [0.05, 0.1) is 24.2 Å². The van der Waals surface area contributed by atoms with Gasteiger partial charge in [-0.25, -0.2) is 10.2 Å². The van der Waals surface area contributed by atoms with Crippen molar-refractivity contribution in [1.82, 2.24) is 5.43 Å². The molecule has 0 heterocycles. The number of anilines is 1. The fraction of sp³-hybridized carbons (Fsp3) is 0.357. The number of hydrogen-bond donors (Lipinski definition) is 2. The molecule has 0 aliphatic carbocycles. The second kappa shape index (κ2) is 9.91. The van der Waals surface area contributed by atoms with Crippen molar-refractivity contribution >= 4 is 46.7 Å². The van der Waals surface area contributed by atoms with Crippen LogP contribution in [0.5, 0.6) is 0 Å². The fourth-order valence-corrected chi connectivity index (χ4v) is 1.95. The maximum Gasteiger partial charge on any atom is 0.427 e. The highest BCUT2D eigenvalue weighted by Crippen LogP contribution is 2.24. The van der Waals surface area contributed by atoms with Gasteiger partial charge in [-0.15, -0.1) is 5.10 Å².